The molecule has 0 atom stereocenters. The third-order valence-electron chi connectivity index (χ3n) is 7.04. The molecule has 5 aromatic carbocycles. The van der Waals surface area contributed by atoms with Crippen LogP contribution in [0.1, 0.15) is 5.56 Å². The van der Waals surface area contributed by atoms with Gasteiger partial charge in [0.05, 0.1) is 31.1 Å². The first-order valence-electron chi connectivity index (χ1n) is 13.9. The molecule has 240 valence electrons. The molecule has 0 saturated carbocycles. The molecule has 48 heavy (non-hydrogen) atoms. The van der Waals surface area contributed by atoms with Gasteiger partial charge in [0.1, 0.15) is 35.0 Å². The minimum absolute atomic E-state index is 0.00142. The Kier molecular flexibility index (Phi) is 7.83. The molecular formula is C31H21N7O10. The Bertz CT molecular complexity index is 2160. The minimum Gasteiger partial charge on any atom is -0.450 e. The van der Waals surface area contributed by atoms with Crippen LogP contribution < -0.4 is 25.4 Å². The first-order valence-corrected chi connectivity index (χ1v) is 13.9. The number of nitro groups is 4. The summed E-state index contributed by atoms with van der Waals surface area (Å²) in [7, 11) is 0. The maximum Gasteiger partial charge on any atom is 0.318 e. The van der Waals surface area contributed by atoms with E-state index >= 15 is 0 Å². The second kappa shape index (κ2) is 12.2. The number of nitro benzene ring substituents is 4. The van der Waals surface area contributed by atoms with Crippen LogP contribution in [0, 0.1) is 47.4 Å². The zero-order chi connectivity index (χ0) is 34.1. The van der Waals surface area contributed by atoms with Crippen LogP contribution in [0.4, 0.5) is 56.9 Å². The maximum absolute atomic E-state index is 12.2. The molecule has 1 aliphatic rings. The van der Waals surface area contributed by atoms with Gasteiger partial charge >= 0.3 is 11.4 Å². The SMILES string of the molecule is Cc1cc2cc(c1)Oc1cc(c([N+](=O)[O-])cc1[N+](=O)[O-])Nc1cc(ccc1Nc1ccccc1)Nc1cc(c([N+](=O)[O-])cc1[N+](=O)[O-])O2. The van der Waals surface area contributed by atoms with Crippen molar-refractivity contribution in [1.29, 1.82) is 0 Å². The number of aryl methyl sites for hydroxylation is 1. The average molecular weight is 652 g/mol. The first kappa shape index (κ1) is 30.7. The van der Waals surface area contributed by atoms with Crippen molar-refractivity contribution in [1.82, 2.24) is 0 Å². The number of nitrogens with one attached hydrogen (secondary N) is 3. The number of anilines is 6. The van der Waals surface area contributed by atoms with E-state index in [0.717, 1.165) is 24.3 Å². The van der Waals surface area contributed by atoms with E-state index in [0.29, 0.717) is 16.9 Å². The highest BCUT2D eigenvalue weighted by atomic mass is 16.6. The molecule has 0 radical (unpaired) electrons. The lowest BCUT2D eigenvalue weighted by Crippen LogP contribution is -2.05. The van der Waals surface area contributed by atoms with Gasteiger partial charge in [0, 0.05) is 29.6 Å². The molecule has 0 aliphatic carbocycles. The van der Waals surface area contributed by atoms with Crippen molar-refractivity contribution in [2.24, 2.45) is 0 Å². The highest BCUT2D eigenvalue weighted by Gasteiger charge is 2.29. The van der Waals surface area contributed by atoms with Gasteiger partial charge in [-0.15, -0.1) is 0 Å². The number of fused-ring (bicyclic) bond motifs is 8. The summed E-state index contributed by atoms with van der Waals surface area (Å²) in [6.45, 7) is 1.64. The standard InChI is InChI=1S/C31H21N7O10/c1-17-9-20-12-21(10-17)48-31-14-25(27(36(41)42)16-29(31)38(45)46)34-23-11-19(7-8-22(23)32-18-5-3-2-4-6-18)33-24-13-30(47-20)28(37(43)44)15-26(24)35(39)40/h2-16,32-34H,1H3. The number of rotatable bonds is 6. The number of ether oxygens (including phenoxy) is 2. The van der Waals surface area contributed by atoms with Crippen molar-refractivity contribution in [2.45, 2.75) is 6.92 Å². The van der Waals surface area contributed by atoms with Gasteiger partial charge in [-0.1, -0.05) is 18.2 Å². The van der Waals surface area contributed by atoms with Gasteiger partial charge in [-0.3, -0.25) is 40.5 Å². The quantitative estimate of drug-likeness (QED) is 0.113. The third kappa shape index (κ3) is 6.26. The predicted molar refractivity (Wildman–Crippen MR) is 174 cm³/mol. The van der Waals surface area contributed by atoms with Crippen molar-refractivity contribution in [2.75, 3.05) is 16.0 Å². The van der Waals surface area contributed by atoms with E-state index in [4.69, 9.17) is 9.47 Å². The summed E-state index contributed by atoms with van der Waals surface area (Å²) in [5.74, 6) is -0.703. The van der Waals surface area contributed by atoms with Crippen LogP contribution in [-0.2, 0) is 0 Å². The molecular weight excluding hydrogens is 630 g/mol. The zero-order valence-corrected chi connectivity index (χ0v) is 24.5. The molecule has 3 N–H and O–H groups in total. The molecule has 1 heterocycles. The van der Waals surface area contributed by atoms with Gasteiger partial charge in [-0.25, -0.2) is 0 Å². The van der Waals surface area contributed by atoms with E-state index in [1.54, 1.807) is 49.4 Å². The van der Waals surface area contributed by atoms with E-state index < -0.39 is 42.4 Å². The van der Waals surface area contributed by atoms with Crippen LogP contribution in [0.15, 0.2) is 91.0 Å². The Morgan fingerprint density at radius 3 is 1.60 bits per heavy atom. The largest absolute Gasteiger partial charge is 0.450 e. The minimum atomic E-state index is -0.828. The van der Waals surface area contributed by atoms with Crippen molar-refractivity contribution < 1.29 is 29.2 Å². The molecule has 6 rings (SSSR count). The Morgan fingerprint density at radius 1 is 0.562 bits per heavy atom. The van der Waals surface area contributed by atoms with E-state index in [1.165, 1.54) is 24.3 Å². The Balaban J connectivity index is 1.62. The van der Waals surface area contributed by atoms with Crippen LogP contribution in [0.3, 0.4) is 0 Å². The highest BCUT2D eigenvalue weighted by Crippen LogP contribution is 2.45. The van der Waals surface area contributed by atoms with Crippen LogP contribution in [-0.4, -0.2) is 19.7 Å². The van der Waals surface area contributed by atoms with Crippen molar-refractivity contribution in [3.8, 4) is 23.0 Å². The van der Waals surface area contributed by atoms with Crippen LogP contribution >= 0.6 is 0 Å². The number of para-hydroxylation sites is 1. The summed E-state index contributed by atoms with van der Waals surface area (Å²) >= 11 is 0. The molecule has 0 saturated heterocycles. The topological polar surface area (TPSA) is 227 Å². The molecule has 0 unspecified atom stereocenters. The number of benzene rings is 5. The van der Waals surface area contributed by atoms with Gasteiger partial charge in [0.2, 0.25) is 11.5 Å². The molecule has 17 nitrogen and oxygen atoms in total. The average Bonchev–Trinajstić information content (AvgIpc) is 3.01. The third-order valence-corrected chi connectivity index (χ3v) is 7.04. The fourth-order valence-electron chi connectivity index (χ4n) is 4.96. The maximum atomic E-state index is 12.2. The Labute approximate surface area is 269 Å². The summed E-state index contributed by atoms with van der Waals surface area (Å²) in [5.41, 5.74) is -0.998. The molecule has 0 aromatic heterocycles. The Morgan fingerprint density at radius 2 is 1.08 bits per heavy atom. The van der Waals surface area contributed by atoms with Crippen molar-refractivity contribution in [3.63, 3.8) is 0 Å². The fraction of sp³-hybridized carbons (Fsp3) is 0.0323. The van der Waals surface area contributed by atoms with Gasteiger partial charge in [-0.05, 0) is 55.0 Å². The van der Waals surface area contributed by atoms with Crippen LogP contribution in [0.5, 0.6) is 23.0 Å². The summed E-state index contributed by atoms with van der Waals surface area (Å²) in [4.78, 5) is 45.0. The fourth-order valence-corrected chi connectivity index (χ4v) is 4.96. The van der Waals surface area contributed by atoms with Gasteiger partial charge in [0.25, 0.3) is 11.4 Å². The molecule has 0 fully saturated rings. The molecule has 5 aromatic rings. The number of hydrogen-bond acceptors (Lipinski definition) is 13. The predicted octanol–water partition coefficient (Wildman–Crippen LogP) is 8.76. The Hall–Kier alpha value is -7.30. The van der Waals surface area contributed by atoms with E-state index in [9.17, 15) is 40.5 Å². The van der Waals surface area contributed by atoms with Gasteiger partial charge < -0.3 is 25.4 Å². The van der Waals surface area contributed by atoms with E-state index in [-0.39, 0.29) is 45.7 Å². The monoisotopic (exact) mass is 651 g/mol. The van der Waals surface area contributed by atoms with Crippen LogP contribution in [0.2, 0.25) is 0 Å². The van der Waals surface area contributed by atoms with Gasteiger partial charge in [-0.2, -0.15) is 0 Å². The lowest BCUT2D eigenvalue weighted by molar-refractivity contribution is -0.394. The first-order chi connectivity index (χ1) is 22.9. The van der Waals surface area contributed by atoms with E-state index in [2.05, 4.69) is 16.0 Å². The summed E-state index contributed by atoms with van der Waals surface area (Å²) < 4.78 is 11.8. The summed E-state index contributed by atoms with van der Waals surface area (Å²) in [6.07, 6.45) is 0. The normalized spacial score (nSPS) is 11.5. The van der Waals surface area contributed by atoms with Crippen LogP contribution in [0.25, 0.3) is 0 Å². The molecule has 8 bridgehead atoms. The summed E-state index contributed by atoms with van der Waals surface area (Å²) in [6, 6.07) is 21.5. The zero-order valence-electron chi connectivity index (χ0n) is 24.5. The van der Waals surface area contributed by atoms with E-state index in [1.807, 2.05) is 0 Å². The second-order valence-electron chi connectivity index (χ2n) is 10.4. The highest BCUT2D eigenvalue weighted by molar-refractivity contribution is 5.86. The summed E-state index contributed by atoms with van der Waals surface area (Å²) in [5, 5.41) is 57.3. The molecule has 0 spiro atoms. The van der Waals surface area contributed by atoms with Gasteiger partial charge in [0.15, 0.2) is 0 Å². The molecule has 17 heteroatoms. The second-order valence-corrected chi connectivity index (χ2v) is 10.4. The number of nitrogens with zero attached hydrogens (tertiary/aromatic N) is 4. The molecule has 1 aliphatic heterocycles. The lowest BCUT2D eigenvalue weighted by atomic mass is 10.1. The van der Waals surface area contributed by atoms with Crippen molar-refractivity contribution in [3.05, 3.63) is 137 Å². The smallest absolute Gasteiger partial charge is 0.318 e. The molecule has 0 amide bonds. The van der Waals surface area contributed by atoms with Crippen molar-refractivity contribution >= 4 is 56.9 Å². The number of hydrogen-bond donors (Lipinski definition) is 3. The lowest BCUT2D eigenvalue weighted by Gasteiger charge is -2.18.